The van der Waals surface area contributed by atoms with Crippen molar-refractivity contribution in [2.75, 3.05) is 19.6 Å². The fraction of sp³-hybridized carbons (Fsp3) is 0.444. The molecular weight excluding hydrogens is 152 g/mol. The van der Waals surface area contributed by atoms with Gasteiger partial charge in [-0.15, -0.1) is 6.58 Å². The highest BCUT2D eigenvalue weighted by Crippen LogP contribution is 1.74. The van der Waals surface area contributed by atoms with Crippen molar-refractivity contribution in [3.63, 3.8) is 0 Å². The van der Waals surface area contributed by atoms with Gasteiger partial charge in [-0.25, -0.2) is 0 Å². The Balaban J connectivity index is 3.05. The van der Waals surface area contributed by atoms with Gasteiger partial charge in [0.05, 0.1) is 0 Å². The molecule has 2 N–H and O–H groups in total. The highest BCUT2D eigenvalue weighted by Gasteiger charge is 1.91. The van der Waals surface area contributed by atoms with Crippen LogP contribution in [0.5, 0.6) is 0 Å². The molecule has 0 aromatic heterocycles. The third-order valence-corrected chi connectivity index (χ3v) is 1.30. The molecule has 0 radical (unpaired) electrons. The van der Waals surface area contributed by atoms with Crippen molar-refractivity contribution in [2.24, 2.45) is 0 Å². The minimum absolute atomic E-state index is 0.112. The summed E-state index contributed by atoms with van der Waals surface area (Å²) in [5.41, 5.74) is 0. The SMILES string of the molecule is C=CCNCCCNC(=O)C=C. The first-order chi connectivity index (χ1) is 5.81. The zero-order valence-corrected chi connectivity index (χ0v) is 7.31. The van der Waals surface area contributed by atoms with Crippen molar-refractivity contribution >= 4 is 5.91 Å². The largest absolute Gasteiger partial charge is 0.353 e. The maximum atomic E-state index is 10.6. The predicted octanol–water partition coefficient (Wildman–Crippen LogP) is 0.454. The van der Waals surface area contributed by atoms with Crippen molar-refractivity contribution < 1.29 is 4.79 Å². The Morgan fingerprint density at radius 2 is 2.08 bits per heavy atom. The van der Waals surface area contributed by atoms with Crippen LogP contribution in [0.2, 0.25) is 0 Å². The molecule has 0 unspecified atom stereocenters. The van der Waals surface area contributed by atoms with Crippen LogP contribution in [0, 0.1) is 0 Å². The summed E-state index contributed by atoms with van der Waals surface area (Å²) in [5, 5.41) is 5.82. The highest BCUT2D eigenvalue weighted by molar-refractivity contribution is 5.86. The highest BCUT2D eigenvalue weighted by atomic mass is 16.1. The zero-order chi connectivity index (χ0) is 9.23. The molecule has 3 heteroatoms. The Labute approximate surface area is 73.5 Å². The molecule has 0 spiro atoms. The minimum Gasteiger partial charge on any atom is -0.353 e. The van der Waals surface area contributed by atoms with Crippen molar-refractivity contribution in [1.82, 2.24) is 10.6 Å². The van der Waals surface area contributed by atoms with Crippen LogP contribution >= 0.6 is 0 Å². The molecule has 0 saturated heterocycles. The second-order valence-electron chi connectivity index (χ2n) is 2.34. The molecule has 1 amide bonds. The summed E-state index contributed by atoms with van der Waals surface area (Å²) in [7, 11) is 0. The van der Waals surface area contributed by atoms with E-state index in [0.29, 0.717) is 6.54 Å². The normalized spacial score (nSPS) is 9.00. The number of rotatable bonds is 7. The van der Waals surface area contributed by atoms with Crippen LogP contribution in [-0.2, 0) is 4.79 Å². The Morgan fingerprint density at radius 1 is 1.33 bits per heavy atom. The molecule has 0 aromatic rings. The molecule has 0 aliphatic carbocycles. The first kappa shape index (κ1) is 10.9. The molecule has 3 nitrogen and oxygen atoms in total. The summed E-state index contributed by atoms with van der Waals surface area (Å²) in [6.07, 6.45) is 4.01. The van der Waals surface area contributed by atoms with Gasteiger partial charge in [0.1, 0.15) is 0 Å². The monoisotopic (exact) mass is 168 g/mol. The Kier molecular flexibility index (Phi) is 7.28. The number of carbonyl (C=O) groups excluding carboxylic acids is 1. The van der Waals surface area contributed by atoms with Crippen molar-refractivity contribution in [3.8, 4) is 0 Å². The molecule has 12 heavy (non-hydrogen) atoms. The molecule has 0 saturated carbocycles. The molecule has 0 aliphatic heterocycles. The molecule has 0 bridgehead atoms. The van der Waals surface area contributed by atoms with Gasteiger partial charge < -0.3 is 10.6 Å². The molecule has 0 atom stereocenters. The van der Waals surface area contributed by atoms with E-state index in [4.69, 9.17) is 0 Å². The van der Waals surface area contributed by atoms with Crippen molar-refractivity contribution in [3.05, 3.63) is 25.3 Å². The molecule has 0 rings (SSSR count). The van der Waals surface area contributed by atoms with Crippen LogP contribution in [0.25, 0.3) is 0 Å². The van der Waals surface area contributed by atoms with E-state index < -0.39 is 0 Å². The molecule has 0 fully saturated rings. The zero-order valence-electron chi connectivity index (χ0n) is 7.31. The lowest BCUT2D eigenvalue weighted by Crippen LogP contribution is -2.25. The number of carbonyl (C=O) groups is 1. The number of hydrogen-bond donors (Lipinski definition) is 2. The third kappa shape index (κ3) is 7.02. The van der Waals surface area contributed by atoms with E-state index in [1.165, 1.54) is 6.08 Å². The van der Waals surface area contributed by atoms with E-state index in [9.17, 15) is 4.79 Å². The first-order valence-electron chi connectivity index (χ1n) is 4.03. The number of nitrogens with one attached hydrogen (secondary N) is 2. The smallest absolute Gasteiger partial charge is 0.243 e. The Bertz CT molecular complexity index is 155. The number of amides is 1. The van der Waals surface area contributed by atoms with Crippen LogP contribution in [0.1, 0.15) is 6.42 Å². The summed E-state index contributed by atoms with van der Waals surface area (Å²) in [5.74, 6) is -0.112. The van der Waals surface area contributed by atoms with Crippen LogP contribution in [-0.4, -0.2) is 25.5 Å². The minimum atomic E-state index is -0.112. The summed E-state index contributed by atoms with van der Waals surface area (Å²) >= 11 is 0. The topological polar surface area (TPSA) is 41.1 Å². The van der Waals surface area contributed by atoms with Gasteiger partial charge in [0.15, 0.2) is 0 Å². The summed E-state index contributed by atoms with van der Waals surface area (Å²) in [6, 6.07) is 0. The van der Waals surface area contributed by atoms with Crippen LogP contribution in [0.4, 0.5) is 0 Å². The summed E-state index contributed by atoms with van der Waals surface area (Å²) in [6.45, 7) is 9.32. The molecule has 68 valence electrons. The lowest BCUT2D eigenvalue weighted by Gasteiger charge is -2.02. The van der Waals surface area contributed by atoms with Crippen LogP contribution < -0.4 is 10.6 Å². The van der Waals surface area contributed by atoms with Gasteiger partial charge in [-0.05, 0) is 19.0 Å². The third-order valence-electron chi connectivity index (χ3n) is 1.30. The van der Waals surface area contributed by atoms with Gasteiger partial charge in [-0.3, -0.25) is 4.79 Å². The Hall–Kier alpha value is -1.09. The second kappa shape index (κ2) is 8.01. The van der Waals surface area contributed by atoms with E-state index >= 15 is 0 Å². The van der Waals surface area contributed by atoms with E-state index in [2.05, 4.69) is 23.8 Å². The molecule has 0 aromatic carbocycles. The molecule has 0 heterocycles. The fourth-order valence-electron chi connectivity index (χ4n) is 0.701. The van der Waals surface area contributed by atoms with Crippen molar-refractivity contribution in [1.29, 1.82) is 0 Å². The van der Waals surface area contributed by atoms with Crippen LogP contribution in [0.3, 0.4) is 0 Å². The van der Waals surface area contributed by atoms with Gasteiger partial charge in [0, 0.05) is 13.1 Å². The maximum Gasteiger partial charge on any atom is 0.243 e. The summed E-state index contributed by atoms with van der Waals surface area (Å²) < 4.78 is 0. The van der Waals surface area contributed by atoms with Gasteiger partial charge >= 0.3 is 0 Å². The second-order valence-corrected chi connectivity index (χ2v) is 2.34. The molecule has 0 aliphatic rings. The maximum absolute atomic E-state index is 10.6. The van der Waals surface area contributed by atoms with Crippen molar-refractivity contribution in [2.45, 2.75) is 6.42 Å². The van der Waals surface area contributed by atoms with E-state index in [1.54, 1.807) is 0 Å². The average molecular weight is 168 g/mol. The van der Waals surface area contributed by atoms with E-state index in [1.807, 2.05) is 6.08 Å². The van der Waals surface area contributed by atoms with E-state index in [-0.39, 0.29) is 5.91 Å². The predicted molar refractivity (Wildman–Crippen MR) is 50.9 cm³/mol. The van der Waals surface area contributed by atoms with Gasteiger partial charge in [-0.2, -0.15) is 0 Å². The number of hydrogen-bond acceptors (Lipinski definition) is 2. The lowest BCUT2D eigenvalue weighted by molar-refractivity contribution is -0.116. The van der Waals surface area contributed by atoms with Gasteiger partial charge in [0.2, 0.25) is 5.91 Å². The Morgan fingerprint density at radius 3 is 2.67 bits per heavy atom. The standard InChI is InChI=1S/C9H16N2O/c1-3-6-10-7-5-8-11-9(12)4-2/h3-4,10H,1-2,5-8H2,(H,11,12). The summed E-state index contributed by atoms with van der Waals surface area (Å²) in [4.78, 5) is 10.6. The first-order valence-corrected chi connectivity index (χ1v) is 4.03. The van der Waals surface area contributed by atoms with Gasteiger partial charge in [-0.1, -0.05) is 12.7 Å². The fourth-order valence-corrected chi connectivity index (χ4v) is 0.701. The van der Waals surface area contributed by atoms with Gasteiger partial charge in [0.25, 0.3) is 0 Å². The molecular formula is C9H16N2O. The lowest BCUT2D eigenvalue weighted by atomic mass is 10.4. The van der Waals surface area contributed by atoms with E-state index in [0.717, 1.165) is 19.5 Å². The van der Waals surface area contributed by atoms with Crippen LogP contribution in [0.15, 0.2) is 25.3 Å². The quantitative estimate of drug-likeness (QED) is 0.329. The average Bonchev–Trinajstić information content (AvgIpc) is 2.10.